The molecule has 1 aromatic heterocycles. The summed E-state index contributed by atoms with van der Waals surface area (Å²) in [5.41, 5.74) is 1.33. The van der Waals surface area contributed by atoms with Crippen LogP contribution in [0.1, 0.15) is 10.6 Å². The van der Waals surface area contributed by atoms with E-state index >= 15 is 0 Å². The molecule has 3 nitrogen and oxygen atoms in total. The Morgan fingerprint density at radius 2 is 1.85 bits per heavy atom. The van der Waals surface area contributed by atoms with Gasteiger partial charge in [-0.1, -0.05) is 27.5 Å². The Hall–Kier alpha value is -1.78. The zero-order chi connectivity index (χ0) is 14.1. The van der Waals surface area contributed by atoms with Crippen LogP contribution in [-0.4, -0.2) is 5.91 Å². The number of benzene rings is 2. The zero-order valence-electron chi connectivity index (χ0n) is 10.2. The molecule has 0 aliphatic heterocycles. The molecule has 5 heteroatoms. The number of hydrogen-bond acceptors (Lipinski definition) is 2. The number of carbonyl (C=O) groups excluding carboxylic acids is 1. The van der Waals surface area contributed by atoms with E-state index in [0.717, 1.165) is 9.86 Å². The third-order valence-electron chi connectivity index (χ3n) is 2.81. The van der Waals surface area contributed by atoms with E-state index in [-0.39, 0.29) is 11.7 Å². The number of carbonyl (C=O) groups is 1. The Morgan fingerprint density at radius 1 is 1.10 bits per heavy atom. The largest absolute Gasteiger partial charge is 0.451 e. The average Bonchev–Trinajstić information content (AvgIpc) is 2.84. The summed E-state index contributed by atoms with van der Waals surface area (Å²) in [6.07, 6.45) is 0. The Bertz CT molecular complexity index is 780. The minimum Gasteiger partial charge on any atom is -0.451 e. The highest BCUT2D eigenvalue weighted by Gasteiger charge is 2.12. The topological polar surface area (TPSA) is 42.2 Å². The molecule has 20 heavy (non-hydrogen) atoms. The molecular weight excluding hydrogens is 342 g/mol. The summed E-state index contributed by atoms with van der Waals surface area (Å²) in [7, 11) is 0. The highest BCUT2D eigenvalue weighted by Crippen LogP contribution is 2.24. The van der Waals surface area contributed by atoms with Gasteiger partial charge in [0.05, 0.1) is 0 Å². The van der Waals surface area contributed by atoms with Crippen LogP contribution in [0.4, 0.5) is 5.69 Å². The minimum atomic E-state index is -0.292. The molecule has 1 heterocycles. The van der Waals surface area contributed by atoms with Gasteiger partial charge in [0.2, 0.25) is 0 Å². The molecule has 0 fully saturated rings. The van der Waals surface area contributed by atoms with Crippen molar-refractivity contribution in [2.45, 2.75) is 0 Å². The molecule has 0 radical (unpaired) electrons. The molecule has 0 atom stereocenters. The van der Waals surface area contributed by atoms with Gasteiger partial charge in [-0.15, -0.1) is 0 Å². The van der Waals surface area contributed by atoms with Crippen LogP contribution in [0.5, 0.6) is 0 Å². The van der Waals surface area contributed by atoms with Crippen molar-refractivity contribution in [3.8, 4) is 0 Å². The van der Waals surface area contributed by atoms with Gasteiger partial charge in [0.1, 0.15) is 5.58 Å². The molecule has 2 aromatic carbocycles. The Morgan fingerprint density at radius 3 is 2.60 bits per heavy atom. The first-order chi connectivity index (χ1) is 9.61. The SMILES string of the molecule is O=C(Nc1ccc(Cl)cc1)c1cc2ccc(Br)cc2o1. The molecule has 0 saturated carbocycles. The normalized spacial score (nSPS) is 10.7. The third kappa shape index (κ3) is 2.71. The standard InChI is InChI=1S/C15H9BrClNO2/c16-10-2-1-9-7-14(20-13(9)8-10)15(19)18-12-5-3-11(17)4-6-12/h1-8H,(H,18,19). The first-order valence-corrected chi connectivity index (χ1v) is 7.05. The second kappa shape index (κ2) is 5.31. The lowest BCUT2D eigenvalue weighted by Gasteiger charge is -2.02. The van der Waals surface area contributed by atoms with E-state index in [1.165, 1.54) is 0 Å². The molecule has 0 aliphatic carbocycles. The van der Waals surface area contributed by atoms with Crippen molar-refractivity contribution < 1.29 is 9.21 Å². The van der Waals surface area contributed by atoms with Gasteiger partial charge >= 0.3 is 0 Å². The highest BCUT2D eigenvalue weighted by molar-refractivity contribution is 9.10. The third-order valence-corrected chi connectivity index (χ3v) is 3.55. The van der Waals surface area contributed by atoms with Crippen molar-refractivity contribution in [2.24, 2.45) is 0 Å². The number of nitrogens with one attached hydrogen (secondary N) is 1. The molecule has 0 bridgehead atoms. The van der Waals surface area contributed by atoms with Gasteiger partial charge in [0.15, 0.2) is 5.76 Å². The van der Waals surface area contributed by atoms with Crippen LogP contribution in [0.2, 0.25) is 5.02 Å². The van der Waals surface area contributed by atoms with Gasteiger partial charge in [-0.3, -0.25) is 4.79 Å². The lowest BCUT2D eigenvalue weighted by atomic mass is 10.2. The molecule has 1 N–H and O–H groups in total. The van der Waals surface area contributed by atoms with Crippen LogP contribution in [0.15, 0.2) is 57.4 Å². The Labute approximate surface area is 128 Å². The minimum absolute atomic E-state index is 0.271. The first-order valence-electron chi connectivity index (χ1n) is 5.88. The van der Waals surface area contributed by atoms with E-state index in [0.29, 0.717) is 16.3 Å². The zero-order valence-corrected chi connectivity index (χ0v) is 12.5. The van der Waals surface area contributed by atoms with Crippen LogP contribution >= 0.6 is 27.5 Å². The van der Waals surface area contributed by atoms with E-state index in [1.54, 1.807) is 30.3 Å². The second-order valence-corrected chi connectivity index (χ2v) is 5.61. The van der Waals surface area contributed by atoms with Crippen LogP contribution in [0, 0.1) is 0 Å². The van der Waals surface area contributed by atoms with Gasteiger partial charge in [0, 0.05) is 20.6 Å². The molecule has 0 spiro atoms. The fraction of sp³-hybridized carbons (Fsp3) is 0. The monoisotopic (exact) mass is 349 g/mol. The predicted octanol–water partition coefficient (Wildman–Crippen LogP) is 5.10. The van der Waals surface area contributed by atoms with E-state index in [1.807, 2.05) is 18.2 Å². The van der Waals surface area contributed by atoms with Crippen molar-refractivity contribution in [3.05, 3.63) is 63.8 Å². The van der Waals surface area contributed by atoms with E-state index < -0.39 is 0 Å². The van der Waals surface area contributed by atoms with Crippen molar-refractivity contribution >= 4 is 50.1 Å². The predicted molar refractivity (Wildman–Crippen MR) is 83.3 cm³/mol. The molecule has 1 amide bonds. The number of anilines is 1. The summed E-state index contributed by atoms with van der Waals surface area (Å²) in [4.78, 5) is 12.1. The van der Waals surface area contributed by atoms with Gasteiger partial charge in [-0.05, 0) is 48.5 Å². The van der Waals surface area contributed by atoms with Gasteiger partial charge in [-0.2, -0.15) is 0 Å². The van der Waals surface area contributed by atoms with Crippen molar-refractivity contribution in [1.82, 2.24) is 0 Å². The molecule has 0 unspecified atom stereocenters. The molecule has 0 aliphatic rings. The van der Waals surface area contributed by atoms with E-state index in [4.69, 9.17) is 16.0 Å². The smallest absolute Gasteiger partial charge is 0.291 e. The molecular formula is C15H9BrClNO2. The summed E-state index contributed by atoms with van der Waals surface area (Å²) in [5.74, 6) is -0.0207. The van der Waals surface area contributed by atoms with Crippen LogP contribution in [-0.2, 0) is 0 Å². The molecule has 3 aromatic rings. The van der Waals surface area contributed by atoms with Crippen LogP contribution in [0.3, 0.4) is 0 Å². The average molecular weight is 351 g/mol. The van der Waals surface area contributed by atoms with Crippen molar-refractivity contribution in [1.29, 1.82) is 0 Å². The number of rotatable bonds is 2. The lowest BCUT2D eigenvalue weighted by Crippen LogP contribution is -2.10. The molecule has 3 rings (SSSR count). The highest BCUT2D eigenvalue weighted by atomic mass is 79.9. The summed E-state index contributed by atoms with van der Waals surface area (Å²) in [5, 5.41) is 4.26. The fourth-order valence-corrected chi connectivity index (χ4v) is 2.31. The number of hydrogen-bond donors (Lipinski definition) is 1. The fourth-order valence-electron chi connectivity index (χ4n) is 1.84. The van der Waals surface area contributed by atoms with Crippen LogP contribution < -0.4 is 5.32 Å². The molecule has 0 saturated heterocycles. The lowest BCUT2D eigenvalue weighted by molar-refractivity contribution is 0.0998. The maximum atomic E-state index is 12.1. The van der Waals surface area contributed by atoms with Crippen molar-refractivity contribution in [3.63, 3.8) is 0 Å². The van der Waals surface area contributed by atoms with Gasteiger partial charge < -0.3 is 9.73 Å². The number of fused-ring (bicyclic) bond motifs is 1. The summed E-state index contributed by atoms with van der Waals surface area (Å²) < 4.78 is 6.44. The number of furan rings is 1. The summed E-state index contributed by atoms with van der Waals surface area (Å²) >= 11 is 9.16. The maximum absolute atomic E-state index is 12.1. The van der Waals surface area contributed by atoms with E-state index in [9.17, 15) is 4.79 Å². The maximum Gasteiger partial charge on any atom is 0.291 e. The first kappa shape index (κ1) is 13.2. The van der Waals surface area contributed by atoms with Crippen LogP contribution in [0.25, 0.3) is 11.0 Å². The van der Waals surface area contributed by atoms with Crippen molar-refractivity contribution in [2.75, 3.05) is 5.32 Å². The van der Waals surface area contributed by atoms with E-state index in [2.05, 4.69) is 21.2 Å². The second-order valence-electron chi connectivity index (χ2n) is 4.25. The Balaban J connectivity index is 1.86. The Kier molecular flexibility index (Phi) is 3.51. The quantitative estimate of drug-likeness (QED) is 0.698. The summed E-state index contributed by atoms with van der Waals surface area (Å²) in [6, 6.07) is 14.2. The molecule has 100 valence electrons. The number of halogens is 2. The van der Waals surface area contributed by atoms with Gasteiger partial charge in [0.25, 0.3) is 5.91 Å². The number of amides is 1. The summed E-state index contributed by atoms with van der Waals surface area (Å²) in [6.45, 7) is 0. The van der Waals surface area contributed by atoms with Gasteiger partial charge in [-0.25, -0.2) is 0 Å².